The number of rotatable bonds is 3. The first kappa shape index (κ1) is 13.7. The van der Waals surface area contributed by atoms with Crippen molar-refractivity contribution in [2.75, 3.05) is 4.90 Å². The van der Waals surface area contributed by atoms with Gasteiger partial charge in [0.25, 0.3) is 0 Å². The molecule has 1 aliphatic rings. The lowest BCUT2D eigenvalue weighted by Crippen LogP contribution is -2.17. The van der Waals surface area contributed by atoms with Gasteiger partial charge >= 0.3 is 0 Å². The molecular weight excluding hydrogens is 254 g/mol. The average molecular weight is 275 g/mol. The summed E-state index contributed by atoms with van der Waals surface area (Å²) >= 11 is 0. The van der Waals surface area contributed by atoms with E-state index in [0.29, 0.717) is 0 Å². The summed E-state index contributed by atoms with van der Waals surface area (Å²) in [7, 11) is 0. The SMILES string of the molecule is CC1=CC=C(N(c2ccccc2)c2cccc(C)c2)CC1. The van der Waals surface area contributed by atoms with Crippen LogP contribution in [0.4, 0.5) is 11.4 Å². The zero-order valence-corrected chi connectivity index (χ0v) is 12.7. The molecule has 0 fully saturated rings. The van der Waals surface area contributed by atoms with Gasteiger partial charge in [-0.05, 0) is 62.6 Å². The van der Waals surface area contributed by atoms with Crippen LogP contribution in [-0.2, 0) is 0 Å². The van der Waals surface area contributed by atoms with E-state index in [4.69, 9.17) is 0 Å². The summed E-state index contributed by atoms with van der Waals surface area (Å²) < 4.78 is 0. The van der Waals surface area contributed by atoms with Gasteiger partial charge in [-0.1, -0.05) is 42.0 Å². The van der Waals surface area contributed by atoms with Crippen molar-refractivity contribution in [3.63, 3.8) is 0 Å². The molecule has 0 radical (unpaired) electrons. The maximum atomic E-state index is 2.37. The number of anilines is 2. The second kappa shape index (κ2) is 6.01. The van der Waals surface area contributed by atoms with Crippen LogP contribution in [-0.4, -0.2) is 0 Å². The van der Waals surface area contributed by atoms with Gasteiger partial charge in [0.15, 0.2) is 0 Å². The first-order chi connectivity index (χ1) is 10.2. The van der Waals surface area contributed by atoms with Crippen LogP contribution in [0.15, 0.2) is 78.0 Å². The van der Waals surface area contributed by atoms with Crippen molar-refractivity contribution in [1.82, 2.24) is 0 Å². The molecule has 0 spiro atoms. The van der Waals surface area contributed by atoms with Crippen LogP contribution in [0.1, 0.15) is 25.3 Å². The summed E-state index contributed by atoms with van der Waals surface area (Å²) in [6, 6.07) is 19.3. The molecule has 0 aliphatic heterocycles. The monoisotopic (exact) mass is 275 g/mol. The van der Waals surface area contributed by atoms with Gasteiger partial charge in [-0.3, -0.25) is 0 Å². The first-order valence-electron chi connectivity index (χ1n) is 7.52. The molecule has 0 amide bonds. The van der Waals surface area contributed by atoms with Crippen molar-refractivity contribution in [3.8, 4) is 0 Å². The molecule has 3 rings (SSSR count). The molecule has 0 saturated carbocycles. The molecule has 0 unspecified atom stereocenters. The van der Waals surface area contributed by atoms with E-state index in [-0.39, 0.29) is 0 Å². The average Bonchev–Trinajstić information content (AvgIpc) is 2.51. The maximum absolute atomic E-state index is 2.37. The Morgan fingerprint density at radius 3 is 2.19 bits per heavy atom. The van der Waals surface area contributed by atoms with Gasteiger partial charge < -0.3 is 4.90 Å². The molecule has 106 valence electrons. The van der Waals surface area contributed by atoms with Crippen molar-refractivity contribution >= 4 is 11.4 Å². The standard InChI is InChI=1S/C20H21N/c1-16-11-13-19(14-12-16)21(18-8-4-3-5-9-18)20-10-6-7-17(2)15-20/h3-11,13,15H,12,14H2,1-2H3. The Morgan fingerprint density at radius 2 is 1.52 bits per heavy atom. The molecule has 0 heterocycles. The van der Waals surface area contributed by atoms with Crippen LogP contribution in [0.5, 0.6) is 0 Å². The molecular formula is C20H21N. The Balaban J connectivity index is 2.08. The summed E-state index contributed by atoms with van der Waals surface area (Å²) in [6.45, 7) is 4.35. The zero-order chi connectivity index (χ0) is 14.7. The van der Waals surface area contributed by atoms with Gasteiger partial charge in [0, 0.05) is 17.1 Å². The second-order valence-electron chi connectivity index (χ2n) is 5.68. The summed E-state index contributed by atoms with van der Waals surface area (Å²) in [5.74, 6) is 0. The summed E-state index contributed by atoms with van der Waals surface area (Å²) in [5, 5.41) is 0. The highest BCUT2D eigenvalue weighted by molar-refractivity contribution is 5.69. The van der Waals surface area contributed by atoms with E-state index in [0.717, 1.165) is 12.8 Å². The van der Waals surface area contributed by atoms with E-state index >= 15 is 0 Å². The highest BCUT2D eigenvalue weighted by Gasteiger charge is 2.16. The van der Waals surface area contributed by atoms with Crippen LogP contribution in [0.25, 0.3) is 0 Å². The third-order valence-corrected chi connectivity index (χ3v) is 3.90. The van der Waals surface area contributed by atoms with Crippen LogP contribution >= 0.6 is 0 Å². The van der Waals surface area contributed by atoms with Gasteiger partial charge in [-0.15, -0.1) is 0 Å². The molecule has 0 aromatic heterocycles. The summed E-state index contributed by atoms with van der Waals surface area (Å²) in [4.78, 5) is 2.37. The fourth-order valence-corrected chi connectivity index (χ4v) is 2.74. The molecule has 21 heavy (non-hydrogen) atoms. The fourth-order valence-electron chi connectivity index (χ4n) is 2.74. The van der Waals surface area contributed by atoms with Crippen LogP contribution in [0.2, 0.25) is 0 Å². The second-order valence-corrected chi connectivity index (χ2v) is 5.68. The number of aryl methyl sites for hydroxylation is 1. The number of para-hydroxylation sites is 1. The van der Waals surface area contributed by atoms with Crippen molar-refractivity contribution in [3.05, 3.63) is 83.6 Å². The molecule has 1 heteroatoms. The molecule has 2 aromatic rings. The van der Waals surface area contributed by atoms with E-state index in [1.807, 2.05) is 0 Å². The predicted octanol–water partition coefficient (Wildman–Crippen LogP) is 5.76. The Kier molecular flexibility index (Phi) is 3.92. The quantitative estimate of drug-likeness (QED) is 0.688. The number of nitrogens with zero attached hydrogens (tertiary/aromatic N) is 1. The third-order valence-electron chi connectivity index (χ3n) is 3.90. The van der Waals surface area contributed by atoms with Gasteiger partial charge in [0.2, 0.25) is 0 Å². The summed E-state index contributed by atoms with van der Waals surface area (Å²) in [6.07, 6.45) is 6.73. The highest BCUT2D eigenvalue weighted by Crippen LogP contribution is 2.34. The van der Waals surface area contributed by atoms with Crippen molar-refractivity contribution < 1.29 is 0 Å². The Morgan fingerprint density at radius 1 is 0.762 bits per heavy atom. The molecule has 0 atom stereocenters. The minimum absolute atomic E-state index is 1.09. The number of hydrogen-bond acceptors (Lipinski definition) is 1. The summed E-state index contributed by atoms with van der Waals surface area (Å²) in [5.41, 5.74) is 6.56. The highest BCUT2D eigenvalue weighted by atomic mass is 15.1. The molecule has 0 bridgehead atoms. The van der Waals surface area contributed by atoms with Gasteiger partial charge in [-0.2, -0.15) is 0 Å². The van der Waals surface area contributed by atoms with E-state index in [1.165, 1.54) is 28.2 Å². The molecule has 2 aromatic carbocycles. The maximum Gasteiger partial charge on any atom is 0.0461 e. The first-order valence-corrected chi connectivity index (χ1v) is 7.52. The third kappa shape index (κ3) is 3.08. The predicted molar refractivity (Wildman–Crippen MR) is 90.8 cm³/mol. The van der Waals surface area contributed by atoms with Crippen LogP contribution in [0, 0.1) is 6.92 Å². The number of hydrogen-bond donors (Lipinski definition) is 0. The normalized spacial score (nSPS) is 14.4. The smallest absolute Gasteiger partial charge is 0.0461 e. The van der Waals surface area contributed by atoms with Crippen molar-refractivity contribution in [1.29, 1.82) is 0 Å². The van der Waals surface area contributed by atoms with E-state index in [2.05, 4.69) is 85.5 Å². The van der Waals surface area contributed by atoms with E-state index in [9.17, 15) is 0 Å². The van der Waals surface area contributed by atoms with Crippen LogP contribution in [0.3, 0.4) is 0 Å². The van der Waals surface area contributed by atoms with Crippen LogP contribution < -0.4 is 4.90 Å². The van der Waals surface area contributed by atoms with Gasteiger partial charge in [-0.25, -0.2) is 0 Å². The van der Waals surface area contributed by atoms with Gasteiger partial charge in [0.05, 0.1) is 0 Å². The minimum Gasteiger partial charge on any atom is -0.314 e. The number of benzene rings is 2. The molecule has 0 N–H and O–H groups in total. The lowest BCUT2D eigenvalue weighted by molar-refractivity contribution is 0.874. The molecule has 1 nitrogen and oxygen atoms in total. The Hall–Kier alpha value is -2.28. The van der Waals surface area contributed by atoms with Crippen molar-refractivity contribution in [2.45, 2.75) is 26.7 Å². The molecule has 0 saturated heterocycles. The Labute approximate surface area is 127 Å². The van der Waals surface area contributed by atoms with Crippen molar-refractivity contribution in [2.24, 2.45) is 0 Å². The Bertz CT molecular complexity index is 680. The molecule has 1 aliphatic carbocycles. The minimum atomic E-state index is 1.09. The lowest BCUT2D eigenvalue weighted by atomic mass is 10.0. The van der Waals surface area contributed by atoms with E-state index < -0.39 is 0 Å². The number of allylic oxidation sites excluding steroid dienone is 4. The topological polar surface area (TPSA) is 3.24 Å². The zero-order valence-electron chi connectivity index (χ0n) is 12.7. The van der Waals surface area contributed by atoms with Gasteiger partial charge in [0.1, 0.15) is 0 Å². The largest absolute Gasteiger partial charge is 0.314 e. The van der Waals surface area contributed by atoms with E-state index in [1.54, 1.807) is 0 Å². The lowest BCUT2D eigenvalue weighted by Gasteiger charge is -2.29. The fraction of sp³-hybridized carbons (Fsp3) is 0.200.